The summed E-state index contributed by atoms with van der Waals surface area (Å²) in [5.74, 6) is 0.451. The lowest BCUT2D eigenvalue weighted by molar-refractivity contribution is 0.643. The lowest BCUT2D eigenvalue weighted by Crippen LogP contribution is -2.18. The molecule has 106 valence electrons. The Balaban J connectivity index is 2.69. The van der Waals surface area contributed by atoms with E-state index in [1.165, 1.54) is 5.56 Å². The predicted octanol–water partition coefficient (Wildman–Crippen LogP) is 4.61. The number of aromatic nitrogens is 1. The Morgan fingerprint density at radius 1 is 1.15 bits per heavy atom. The minimum Gasteiger partial charge on any atom is -0.318 e. The van der Waals surface area contributed by atoms with E-state index in [1.54, 1.807) is 17.8 Å². The number of halogens is 1. The lowest BCUT2D eigenvalue weighted by Gasteiger charge is -2.18. The van der Waals surface area contributed by atoms with Crippen LogP contribution >= 0.6 is 11.6 Å². The summed E-state index contributed by atoms with van der Waals surface area (Å²) in [6.45, 7) is 4.35. The normalized spacial score (nSPS) is 11.1. The Kier molecular flexibility index (Phi) is 4.66. The summed E-state index contributed by atoms with van der Waals surface area (Å²) in [6, 6.07) is 9.65. The van der Waals surface area contributed by atoms with Crippen LogP contribution in [-0.4, -0.2) is 4.57 Å². The molecule has 20 heavy (non-hydrogen) atoms. The molecule has 0 aliphatic carbocycles. The summed E-state index contributed by atoms with van der Waals surface area (Å²) in [4.78, 5) is 12.4. The van der Waals surface area contributed by atoms with E-state index in [2.05, 4.69) is 19.9 Å². The highest BCUT2D eigenvalue weighted by molar-refractivity contribution is 6.30. The molecule has 0 saturated carbocycles. The quantitative estimate of drug-likeness (QED) is 0.805. The Morgan fingerprint density at radius 3 is 2.50 bits per heavy atom. The average molecular weight is 290 g/mol. The first-order chi connectivity index (χ1) is 9.58. The first kappa shape index (κ1) is 14.9. The van der Waals surface area contributed by atoms with Gasteiger partial charge in [-0.3, -0.25) is 4.79 Å². The van der Waals surface area contributed by atoms with Crippen LogP contribution in [0.5, 0.6) is 0 Å². The highest BCUT2D eigenvalue weighted by atomic mass is 35.5. The van der Waals surface area contributed by atoms with E-state index in [-0.39, 0.29) is 5.56 Å². The molecule has 1 heterocycles. The van der Waals surface area contributed by atoms with E-state index in [0.29, 0.717) is 10.9 Å². The van der Waals surface area contributed by atoms with Gasteiger partial charge < -0.3 is 4.57 Å². The third-order valence-electron chi connectivity index (χ3n) is 3.85. The molecule has 1 aromatic carbocycles. The summed E-state index contributed by atoms with van der Waals surface area (Å²) in [5, 5.41) is 0.667. The standard InChI is InChI=1S/C17H20ClNO/c1-4-12(5-2)14-9-8-13(18)11-16(14)15-7-6-10-19(3)17(15)20/h6-12H,4-5H2,1-3H3. The van der Waals surface area contributed by atoms with Crippen molar-refractivity contribution in [1.29, 1.82) is 0 Å². The van der Waals surface area contributed by atoms with Gasteiger partial charge in [0.25, 0.3) is 5.56 Å². The molecule has 1 aromatic heterocycles. The van der Waals surface area contributed by atoms with Gasteiger partial charge in [0, 0.05) is 23.8 Å². The van der Waals surface area contributed by atoms with Crippen LogP contribution in [0.25, 0.3) is 11.1 Å². The van der Waals surface area contributed by atoms with Crippen LogP contribution in [0, 0.1) is 0 Å². The van der Waals surface area contributed by atoms with Crippen molar-refractivity contribution >= 4 is 11.6 Å². The second-order valence-corrected chi connectivity index (χ2v) is 5.52. The monoisotopic (exact) mass is 289 g/mol. The maximum atomic E-state index is 12.4. The van der Waals surface area contributed by atoms with E-state index >= 15 is 0 Å². The molecule has 0 unspecified atom stereocenters. The molecule has 0 atom stereocenters. The number of rotatable bonds is 4. The minimum absolute atomic E-state index is 0.0157. The van der Waals surface area contributed by atoms with Crippen LogP contribution in [0.1, 0.15) is 38.2 Å². The number of benzene rings is 1. The summed E-state index contributed by atoms with van der Waals surface area (Å²) >= 11 is 6.14. The van der Waals surface area contributed by atoms with Crippen molar-refractivity contribution in [2.75, 3.05) is 0 Å². The molecule has 0 spiro atoms. The molecule has 2 nitrogen and oxygen atoms in total. The molecule has 0 N–H and O–H groups in total. The van der Waals surface area contributed by atoms with Gasteiger partial charge in [0.15, 0.2) is 0 Å². The van der Waals surface area contributed by atoms with Gasteiger partial charge in [-0.2, -0.15) is 0 Å². The van der Waals surface area contributed by atoms with Gasteiger partial charge in [-0.1, -0.05) is 31.5 Å². The van der Waals surface area contributed by atoms with Gasteiger partial charge in [0.05, 0.1) is 0 Å². The topological polar surface area (TPSA) is 22.0 Å². The molecule has 0 aliphatic heterocycles. The van der Waals surface area contributed by atoms with Gasteiger partial charge in [-0.15, -0.1) is 0 Å². The predicted molar refractivity (Wildman–Crippen MR) is 85.5 cm³/mol. The second kappa shape index (κ2) is 6.27. The van der Waals surface area contributed by atoms with Crippen molar-refractivity contribution < 1.29 is 0 Å². The fraction of sp³-hybridized carbons (Fsp3) is 0.353. The number of hydrogen-bond acceptors (Lipinski definition) is 1. The van der Waals surface area contributed by atoms with E-state index in [0.717, 1.165) is 24.0 Å². The summed E-state index contributed by atoms with van der Waals surface area (Å²) in [6.07, 6.45) is 3.88. The van der Waals surface area contributed by atoms with Crippen molar-refractivity contribution in [2.45, 2.75) is 32.6 Å². The van der Waals surface area contributed by atoms with Gasteiger partial charge in [-0.05, 0) is 54.2 Å². The van der Waals surface area contributed by atoms with Gasteiger partial charge in [-0.25, -0.2) is 0 Å². The largest absolute Gasteiger partial charge is 0.318 e. The van der Waals surface area contributed by atoms with E-state index < -0.39 is 0 Å². The summed E-state index contributed by atoms with van der Waals surface area (Å²) in [5.41, 5.74) is 2.91. The fourth-order valence-electron chi connectivity index (χ4n) is 2.65. The van der Waals surface area contributed by atoms with Gasteiger partial charge in [0.2, 0.25) is 0 Å². The zero-order valence-corrected chi connectivity index (χ0v) is 12.9. The SMILES string of the molecule is CCC(CC)c1ccc(Cl)cc1-c1cccn(C)c1=O. The maximum Gasteiger partial charge on any atom is 0.258 e. The third-order valence-corrected chi connectivity index (χ3v) is 4.09. The molecule has 0 radical (unpaired) electrons. The molecule has 2 rings (SSSR count). The summed E-state index contributed by atoms with van der Waals surface area (Å²) in [7, 11) is 1.77. The Bertz CT molecular complexity index is 656. The zero-order valence-electron chi connectivity index (χ0n) is 12.2. The van der Waals surface area contributed by atoms with Crippen molar-refractivity contribution in [3.05, 3.63) is 57.5 Å². The zero-order chi connectivity index (χ0) is 14.7. The number of hydrogen-bond donors (Lipinski definition) is 0. The third kappa shape index (κ3) is 2.80. The van der Waals surface area contributed by atoms with E-state index in [9.17, 15) is 4.79 Å². The lowest BCUT2D eigenvalue weighted by atomic mass is 9.88. The van der Waals surface area contributed by atoms with Gasteiger partial charge >= 0.3 is 0 Å². The fourth-order valence-corrected chi connectivity index (χ4v) is 2.82. The Hall–Kier alpha value is -1.54. The molecule has 2 aromatic rings. The van der Waals surface area contributed by atoms with Gasteiger partial charge in [0.1, 0.15) is 0 Å². The Labute approximate surface area is 125 Å². The minimum atomic E-state index is 0.0157. The van der Waals surface area contributed by atoms with Crippen LogP contribution in [0.3, 0.4) is 0 Å². The smallest absolute Gasteiger partial charge is 0.258 e. The second-order valence-electron chi connectivity index (χ2n) is 5.08. The molecule has 0 amide bonds. The number of pyridine rings is 1. The number of nitrogens with zero attached hydrogens (tertiary/aromatic N) is 1. The highest BCUT2D eigenvalue weighted by Gasteiger charge is 2.16. The van der Waals surface area contributed by atoms with Crippen molar-refractivity contribution in [3.8, 4) is 11.1 Å². The van der Waals surface area contributed by atoms with Crippen LogP contribution in [-0.2, 0) is 7.05 Å². The molecule has 0 aliphatic rings. The van der Waals surface area contributed by atoms with Crippen LogP contribution in [0.15, 0.2) is 41.3 Å². The van der Waals surface area contributed by atoms with Crippen LogP contribution < -0.4 is 5.56 Å². The molecule has 0 bridgehead atoms. The van der Waals surface area contributed by atoms with Crippen molar-refractivity contribution in [2.24, 2.45) is 7.05 Å². The highest BCUT2D eigenvalue weighted by Crippen LogP contribution is 2.33. The molecule has 3 heteroatoms. The first-order valence-corrected chi connectivity index (χ1v) is 7.41. The van der Waals surface area contributed by atoms with Crippen LogP contribution in [0.4, 0.5) is 0 Å². The number of aryl methyl sites for hydroxylation is 1. The Morgan fingerprint density at radius 2 is 1.85 bits per heavy atom. The first-order valence-electron chi connectivity index (χ1n) is 7.03. The maximum absolute atomic E-state index is 12.4. The molecular formula is C17H20ClNO. The average Bonchev–Trinajstić information content (AvgIpc) is 2.44. The van der Waals surface area contributed by atoms with Crippen molar-refractivity contribution in [1.82, 2.24) is 4.57 Å². The van der Waals surface area contributed by atoms with E-state index in [4.69, 9.17) is 11.6 Å². The molecule has 0 saturated heterocycles. The van der Waals surface area contributed by atoms with E-state index in [1.807, 2.05) is 24.3 Å². The van der Waals surface area contributed by atoms with Crippen LogP contribution in [0.2, 0.25) is 5.02 Å². The molecular weight excluding hydrogens is 270 g/mol. The summed E-state index contributed by atoms with van der Waals surface area (Å²) < 4.78 is 1.60. The molecule has 0 fully saturated rings. The van der Waals surface area contributed by atoms with Crippen molar-refractivity contribution in [3.63, 3.8) is 0 Å².